The maximum atomic E-state index is 12.0. The van der Waals surface area contributed by atoms with Gasteiger partial charge >= 0.3 is 6.03 Å². The Bertz CT molecular complexity index is 1190. The SMILES string of the molecule is COc1cc(C=NNC(=O)Nc2ccccc2C)cc(Cl)c1OCc1ccccc1C#N. The molecule has 32 heavy (non-hydrogen) atoms. The maximum absolute atomic E-state index is 12.0. The summed E-state index contributed by atoms with van der Waals surface area (Å²) in [6.07, 6.45) is 1.45. The molecule has 8 heteroatoms. The third kappa shape index (κ3) is 5.78. The molecule has 3 aromatic carbocycles. The molecule has 0 aliphatic heterocycles. The largest absolute Gasteiger partial charge is 0.493 e. The van der Waals surface area contributed by atoms with E-state index in [0.29, 0.717) is 33.3 Å². The van der Waals surface area contributed by atoms with Gasteiger partial charge in [-0.2, -0.15) is 10.4 Å². The van der Waals surface area contributed by atoms with E-state index in [1.807, 2.05) is 37.3 Å². The summed E-state index contributed by atoms with van der Waals surface area (Å²) < 4.78 is 11.2. The van der Waals surface area contributed by atoms with Crippen molar-refractivity contribution in [1.82, 2.24) is 5.43 Å². The highest BCUT2D eigenvalue weighted by Crippen LogP contribution is 2.36. The zero-order valence-electron chi connectivity index (χ0n) is 17.6. The number of nitriles is 1. The number of nitrogens with one attached hydrogen (secondary N) is 2. The first-order valence-electron chi connectivity index (χ1n) is 9.66. The Morgan fingerprint density at radius 2 is 1.94 bits per heavy atom. The zero-order chi connectivity index (χ0) is 22.9. The van der Waals surface area contributed by atoms with Crippen molar-refractivity contribution in [3.63, 3.8) is 0 Å². The van der Waals surface area contributed by atoms with Crippen molar-refractivity contribution in [2.75, 3.05) is 12.4 Å². The Hall–Kier alpha value is -4.02. The molecule has 0 bridgehead atoms. The molecule has 0 spiro atoms. The first kappa shape index (κ1) is 22.7. The molecule has 2 N–H and O–H groups in total. The van der Waals surface area contributed by atoms with Crippen LogP contribution in [-0.4, -0.2) is 19.4 Å². The predicted octanol–water partition coefficient (Wildman–Crippen LogP) is 5.26. The molecule has 162 valence electrons. The number of carbonyl (C=O) groups is 1. The Kier molecular flexibility index (Phi) is 7.68. The van der Waals surface area contributed by atoms with Crippen molar-refractivity contribution >= 4 is 29.5 Å². The number of hydrazone groups is 1. The van der Waals surface area contributed by atoms with Crippen LogP contribution in [0.15, 0.2) is 65.8 Å². The van der Waals surface area contributed by atoms with Gasteiger partial charge in [-0.3, -0.25) is 0 Å². The Balaban J connectivity index is 1.67. The van der Waals surface area contributed by atoms with E-state index in [4.69, 9.17) is 21.1 Å². The van der Waals surface area contributed by atoms with Crippen molar-refractivity contribution in [3.8, 4) is 17.6 Å². The number of hydrogen-bond acceptors (Lipinski definition) is 5. The number of carbonyl (C=O) groups excluding carboxylic acids is 1. The number of urea groups is 1. The fraction of sp³-hybridized carbons (Fsp3) is 0.125. The minimum atomic E-state index is -0.468. The molecule has 3 rings (SSSR count). The lowest BCUT2D eigenvalue weighted by Gasteiger charge is -2.14. The molecular formula is C24H21ClN4O3. The number of rotatable bonds is 7. The van der Waals surface area contributed by atoms with Crippen LogP contribution in [0.2, 0.25) is 5.02 Å². The second-order valence-electron chi connectivity index (χ2n) is 6.73. The predicted molar refractivity (Wildman–Crippen MR) is 124 cm³/mol. The third-order valence-electron chi connectivity index (χ3n) is 4.53. The topological polar surface area (TPSA) is 95.7 Å². The fourth-order valence-corrected chi connectivity index (χ4v) is 3.16. The first-order valence-corrected chi connectivity index (χ1v) is 10.0. The summed E-state index contributed by atoms with van der Waals surface area (Å²) in [5.74, 6) is 0.752. The molecule has 0 atom stereocenters. The van der Waals surface area contributed by atoms with Gasteiger partial charge in [0.2, 0.25) is 0 Å². The molecule has 0 saturated carbocycles. The monoisotopic (exact) mass is 448 g/mol. The van der Waals surface area contributed by atoms with E-state index in [2.05, 4.69) is 21.9 Å². The second-order valence-corrected chi connectivity index (χ2v) is 7.14. The van der Waals surface area contributed by atoms with Gasteiger partial charge in [0.15, 0.2) is 11.5 Å². The van der Waals surface area contributed by atoms with E-state index in [-0.39, 0.29) is 6.61 Å². The molecule has 0 saturated heterocycles. The van der Waals surface area contributed by atoms with Crippen LogP contribution in [-0.2, 0) is 6.61 Å². The smallest absolute Gasteiger partial charge is 0.339 e. The third-order valence-corrected chi connectivity index (χ3v) is 4.82. The molecule has 0 aliphatic carbocycles. The van der Waals surface area contributed by atoms with Gasteiger partial charge in [0.1, 0.15) is 6.61 Å². The molecule has 7 nitrogen and oxygen atoms in total. The van der Waals surface area contributed by atoms with E-state index in [1.165, 1.54) is 13.3 Å². The van der Waals surface area contributed by atoms with Crippen molar-refractivity contribution in [3.05, 3.63) is 87.9 Å². The number of anilines is 1. The van der Waals surface area contributed by atoms with E-state index in [9.17, 15) is 10.1 Å². The minimum absolute atomic E-state index is 0.161. The van der Waals surface area contributed by atoms with Crippen molar-refractivity contribution in [2.24, 2.45) is 5.10 Å². The normalized spacial score (nSPS) is 10.4. The second kappa shape index (κ2) is 10.8. The van der Waals surface area contributed by atoms with Gasteiger partial charge in [0.25, 0.3) is 0 Å². The Labute approximate surface area is 191 Å². The van der Waals surface area contributed by atoms with E-state index in [1.54, 1.807) is 30.3 Å². The summed E-state index contributed by atoms with van der Waals surface area (Å²) in [6.45, 7) is 2.06. The zero-order valence-corrected chi connectivity index (χ0v) is 18.3. The fourth-order valence-electron chi connectivity index (χ4n) is 2.89. The van der Waals surface area contributed by atoms with Crippen molar-refractivity contribution < 1.29 is 14.3 Å². The molecular weight excluding hydrogens is 428 g/mol. The van der Waals surface area contributed by atoms with Crippen LogP contribution in [0.5, 0.6) is 11.5 Å². The van der Waals surface area contributed by atoms with Gasteiger partial charge in [-0.1, -0.05) is 48.0 Å². The highest BCUT2D eigenvalue weighted by molar-refractivity contribution is 6.32. The van der Waals surface area contributed by atoms with Crippen LogP contribution in [0.3, 0.4) is 0 Å². The number of hydrogen-bond donors (Lipinski definition) is 2. The van der Waals surface area contributed by atoms with Crippen molar-refractivity contribution in [1.29, 1.82) is 5.26 Å². The van der Waals surface area contributed by atoms with Crippen LogP contribution in [0.1, 0.15) is 22.3 Å². The molecule has 0 aliphatic rings. The lowest BCUT2D eigenvalue weighted by atomic mass is 10.1. The van der Waals surface area contributed by atoms with E-state index in [0.717, 1.165) is 11.1 Å². The number of methoxy groups -OCH3 is 1. The van der Waals surface area contributed by atoms with Gasteiger partial charge in [0, 0.05) is 11.3 Å². The molecule has 0 fully saturated rings. The summed E-state index contributed by atoms with van der Waals surface area (Å²) in [5, 5.41) is 16.2. The standard InChI is InChI=1S/C24H21ClN4O3/c1-16-7-3-6-10-21(16)28-24(30)29-27-14-17-11-20(25)23(22(12-17)31-2)32-15-19-9-5-4-8-18(19)13-26/h3-12,14H,15H2,1-2H3,(H2,28,29,30). The quantitative estimate of drug-likeness (QED) is 0.380. The van der Waals surface area contributed by atoms with Crippen LogP contribution >= 0.6 is 11.6 Å². The number of aryl methyl sites for hydroxylation is 1. The number of ether oxygens (including phenoxy) is 2. The van der Waals surface area contributed by atoms with Gasteiger partial charge in [0.05, 0.1) is 30.0 Å². The van der Waals surface area contributed by atoms with Crippen LogP contribution in [0.4, 0.5) is 10.5 Å². The van der Waals surface area contributed by atoms with Gasteiger partial charge in [-0.15, -0.1) is 0 Å². The van der Waals surface area contributed by atoms with E-state index >= 15 is 0 Å². The van der Waals surface area contributed by atoms with Crippen LogP contribution in [0.25, 0.3) is 0 Å². The number of para-hydroxylation sites is 1. The summed E-state index contributed by atoms with van der Waals surface area (Å²) in [5.41, 5.74) is 5.92. The van der Waals surface area contributed by atoms with Crippen LogP contribution in [0, 0.1) is 18.3 Å². The average molecular weight is 449 g/mol. The Morgan fingerprint density at radius 1 is 1.19 bits per heavy atom. The maximum Gasteiger partial charge on any atom is 0.339 e. The summed E-state index contributed by atoms with van der Waals surface area (Å²) in [7, 11) is 1.50. The number of halogens is 1. The molecule has 3 aromatic rings. The van der Waals surface area contributed by atoms with Crippen LogP contribution < -0.4 is 20.2 Å². The lowest BCUT2D eigenvalue weighted by molar-refractivity contribution is 0.252. The van der Waals surface area contributed by atoms with E-state index < -0.39 is 6.03 Å². The molecule has 0 heterocycles. The molecule has 0 aromatic heterocycles. The van der Waals surface area contributed by atoms with Gasteiger partial charge in [-0.05, 0) is 42.3 Å². The molecule has 2 amide bonds. The highest BCUT2D eigenvalue weighted by atomic mass is 35.5. The first-order chi connectivity index (χ1) is 15.5. The van der Waals surface area contributed by atoms with Crippen molar-refractivity contribution in [2.45, 2.75) is 13.5 Å². The number of amides is 2. The summed E-state index contributed by atoms with van der Waals surface area (Å²) >= 11 is 6.39. The average Bonchev–Trinajstić information content (AvgIpc) is 2.79. The Morgan fingerprint density at radius 3 is 2.69 bits per heavy atom. The number of nitrogens with zero attached hydrogens (tertiary/aromatic N) is 2. The summed E-state index contributed by atoms with van der Waals surface area (Å²) in [6, 6.07) is 19.6. The van der Waals surface area contributed by atoms with Gasteiger partial charge in [-0.25, -0.2) is 10.2 Å². The minimum Gasteiger partial charge on any atom is -0.493 e. The highest BCUT2D eigenvalue weighted by Gasteiger charge is 2.13. The summed E-state index contributed by atoms with van der Waals surface area (Å²) in [4.78, 5) is 12.0. The van der Waals surface area contributed by atoms with Gasteiger partial charge < -0.3 is 14.8 Å². The lowest BCUT2D eigenvalue weighted by Crippen LogP contribution is -2.24. The molecule has 0 unspecified atom stereocenters. The number of benzene rings is 3. The molecule has 0 radical (unpaired) electrons.